The summed E-state index contributed by atoms with van der Waals surface area (Å²) in [7, 11) is 1.48. The van der Waals surface area contributed by atoms with Crippen LogP contribution < -0.4 is 10.5 Å². The predicted molar refractivity (Wildman–Crippen MR) is 50.6 cm³/mol. The molecule has 0 fully saturated rings. The Bertz CT molecular complexity index is 328. The van der Waals surface area contributed by atoms with E-state index in [4.69, 9.17) is 22.1 Å². The summed E-state index contributed by atoms with van der Waals surface area (Å²) in [5, 5.41) is 0.0822. The smallest absolute Gasteiger partial charge is 0.148 e. The van der Waals surface area contributed by atoms with Gasteiger partial charge in [0.2, 0.25) is 0 Å². The number of methoxy groups -OCH3 is 1. The van der Waals surface area contributed by atoms with Gasteiger partial charge in [0.1, 0.15) is 11.6 Å². The summed E-state index contributed by atoms with van der Waals surface area (Å²) in [5.41, 5.74) is 6.57. The van der Waals surface area contributed by atoms with Crippen LogP contribution in [0.1, 0.15) is 11.1 Å². The van der Waals surface area contributed by atoms with Gasteiger partial charge in [0, 0.05) is 17.7 Å². The van der Waals surface area contributed by atoms with Crippen molar-refractivity contribution in [3.8, 4) is 5.75 Å². The first kappa shape index (κ1) is 10.3. The highest BCUT2D eigenvalue weighted by Crippen LogP contribution is 2.30. The van der Waals surface area contributed by atoms with Crippen LogP contribution in [-0.4, -0.2) is 7.11 Å². The molecule has 0 spiro atoms. The molecule has 2 nitrogen and oxygen atoms in total. The first-order valence-electron chi connectivity index (χ1n) is 3.83. The molecular weight excluding hydrogens is 193 g/mol. The second kappa shape index (κ2) is 3.94. The van der Waals surface area contributed by atoms with Gasteiger partial charge in [0.15, 0.2) is 0 Å². The third kappa shape index (κ3) is 1.76. The Labute approximate surface area is 81.4 Å². The zero-order valence-corrected chi connectivity index (χ0v) is 8.28. The van der Waals surface area contributed by atoms with E-state index in [9.17, 15) is 4.39 Å². The largest absolute Gasteiger partial charge is 0.496 e. The Hall–Kier alpha value is -0.800. The van der Waals surface area contributed by atoms with Crippen molar-refractivity contribution in [2.45, 2.75) is 13.5 Å². The van der Waals surface area contributed by atoms with Gasteiger partial charge < -0.3 is 10.5 Å². The molecule has 1 aromatic rings. The van der Waals surface area contributed by atoms with Crippen LogP contribution in [0.15, 0.2) is 6.07 Å². The third-order valence-electron chi connectivity index (χ3n) is 1.90. The minimum absolute atomic E-state index is 0.0822. The van der Waals surface area contributed by atoms with Gasteiger partial charge in [-0.25, -0.2) is 4.39 Å². The number of hydrogen-bond donors (Lipinski definition) is 1. The van der Waals surface area contributed by atoms with Gasteiger partial charge in [-0.15, -0.1) is 0 Å². The molecule has 0 radical (unpaired) electrons. The zero-order chi connectivity index (χ0) is 10.0. The minimum atomic E-state index is -0.448. The number of rotatable bonds is 2. The van der Waals surface area contributed by atoms with Crippen molar-refractivity contribution in [1.82, 2.24) is 0 Å². The van der Waals surface area contributed by atoms with Crippen LogP contribution >= 0.6 is 11.6 Å². The molecule has 0 bridgehead atoms. The third-order valence-corrected chi connectivity index (χ3v) is 2.17. The molecule has 0 unspecified atom stereocenters. The summed E-state index contributed by atoms with van der Waals surface area (Å²) < 4.78 is 18.3. The van der Waals surface area contributed by atoms with Crippen LogP contribution in [-0.2, 0) is 6.54 Å². The van der Waals surface area contributed by atoms with Gasteiger partial charge in [-0.1, -0.05) is 11.6 Å². The second-order valence-corrected chi connectivity index (χ2v) is 3.10. The van der Waals surface area contributed by atoms with E-state index in [-0.39, 0.29) is 11.6 Å². The summed E-state index contributed by atoms with van der Waals surface area (Å²) in [6.07, 6.45) is 0. The van der Waals surface area contributed by atoms with Crippen LogP contribution in [0.4, 0.5) is 4.39 Å². The monoisotopic (exact) mass is 203 g/mol. The minimum Gasteiger partial charge on any atom is -0.496 e. The fourth-order valence-electron chi connectivity index (χ4n) is 1.24. The molecule has 0 aromatic heterocycles. The van der Waals surface area contributed by atoms with Crippen LogP contribution in [0.3, 0.4) is 0 Å². The molecule has 0 saturated heterocycles. The van der Waals surface area contributed by atoms with Crippen molar-refractivity contribution >= 4 is 11.6 Å². The van der Waals surface area contributed by atoms with Crippen LogP contribution in [0.25, 0.3) is 0 Å². The Morgan fingerprint density at radius 1 is 1.62 bits per heavy atom. The van der Waals surface area contributed by atoms with Crippen molar-refractivity contribution in [2.75, 3.05) is 7.11 Å². The van der Waals surface area contributed by atoms with Gasteiger partial charge in [0.05, 0.1) is 12.1 Å². The van der Waals surface area contributed by atoms with E-state index in [1.165, 1.54) is 13.2 Å². The lowest BCUT2D eigenvalue weighted by Gasteiger charge is -2.11. The molecule has 0 aliphatic carbocycles. The SMILES string of the molecule is COc1c(CN)cc(Cl)c(F)c1C. The fourth-order valence-corrected chi connectivity index (χ4v) is 1.51. The molecule has 1 aromatic carbocycles. The van der Waals surface area contributed by atoms with E-state index in [2.05, 4.69) is 0 Å². The van der Waals surface area contributed by atoms with Crippen molar-refractivity contribution in [3.63, 3.8) is 0 Å². The molecule has 13 heavy (non-hydrogen) atoms. The molecular formula is C9H11ClFNO. The van der Waals surface area contributed by atoms with Crippen LogP contribution in [0, 0.1) is 12.7 Å². The van der Waals surface area contributed by atoms with E-state index in [1.807, 2.05) is 0 Å². The number of benzene rings is 1. The van der Waals surface area contributed by atoms with Gasteiger partial charge >= 0.3 is 0 Å². The topological polar surface area (TPSA) is 35.2 Å². The highest BCUT2D eigenvalue weighted by molar-refractivity contribution is 6.30. The standard InChI is InChI=1S/C9H11ClFNO/c1-5-8(11)7(10)3-6(4-12)9(5)13-2/h3H,4,12H2,1-2H3. The Morgan fingerprint density at radius 3 is 2.69 bits per heavy atom. The molecule has 0 saturated carbocycles. The Morgan fingerprint density at radius 2 is 2.23 bits per heavy atom. The quantitative estimate of drug-likeness (QED) is 0.800. The second-order valence-electron chi connectivity index (χ2n) is 2.69. The van der Waals surface area contributed by atoms with Crippen molar-refractivity contribution in [1.29, 1.82) is 0 Å². The van der Waals surface area contributed by atoms with Gasteiger partial charge in [0.25, 0.3) is 0 Å². The summed E-state index contributed by atoms with van der Waals surface area (Å²) in [6, 6.07) is 1.49. The number of nitrogens with two attached hydrogens (primary N) is 1. The lowest BCUT2D eigenvalue weighted by molar-refractivity contribution is 0.402. The first-order valence-corrected chi connectivity index (χ1v) is 4.21. The normalized spacial score (nSPS) is 10.2. The van der Waals surface area contributed by atoms with Gasteiger partial charge in [-0.05, 0) is 13.0 Å². The maximum Gasteiger partial charge on any atom is 0.148 e. The highest BCUT2D eigenvalue weighted by Gasteiger charge is 2.13. The molecule has 72 valence electrons. The highest BCUT2D eigenvalue weighted by atomic mass is 35.5. The number of ether oxygens (including phenoxy) is 1. The van der Waals surface area contributed by atoms with E-state index >= 15 is 0 Å². The molecule has 0 amide bonds. The molecule has 0 atom stereocenters. The van der Waals surface area contributed by atoms with E-state index in [1.54, 1.807) is 6.92 Å². The zero-order valence-electron chi connectivity index (χ0n) is 7.53. The Kier molecular flexibility index (Phi) is 3.12. The lowest BCUT2D eigenvalue weighted by atomic mass is 10.1. The predicted octanol–water partition coefficient (Wildman–Crippen LogP) is 2.25. The average molecular weight is 204 g/mol. The average Bonchev–Trinajstić information content (AvgIpc) is 2.13. The van der Waals surface area contributed by atoms with Gasteiger partial charge in [-0.3, -0.25) is 0 Å². The maximum atomic E-state index is 13.2. The lowest BCUT2D eigenvalue weighted by Crippen LogP contribution is -2.03. The van der Waals surface area contributed by atoms with Crippen LogP contribution in [0.2, 0.25) is 5.02 Å². The maximum absolute atomic E-state index is 13.2. The summed E-state index contributed by atoms with van der Waals surface area (Å²) in [5.74, 6) is 0.0279. The summed E-state index contributed by atoms with van der Waals surface area (Å²) in [6.45, 7) is 1.89. The fraction of sp³-hybridized carbons (Fsp3) is 0.333. The molecule has 0 aliphatic rings. The van der Waals surface area contributed by atoms with Crippen molar-refractivity contribution in [2.24, 2.45) is 5.73 Å². The van der Waals surface area contributed by atoms with Crippen LogP contribution in [0.5, 0.6) is 5.75 Å². The van der Waals surface area contributed by atoms with Crippen molar-refractivity contribution in [3.05, 3.63) is 28.0 Å². The molecule has 1 rings (SSSR count). The van der Waals surface area contributed by atoms with E-state index < -0.39 is 5.82 Å². The molecule has 2 N–H and O–H groups in total. The molecule has 0 aliphatic heterocycles. The van der Waals surface area contributed by atoms with E-state index in [0.717, 1.165) is 0 Å². The van der Waals surface area contributed by atoms with Crippen molar-refractivity contribution < 1.29 is 9.13 Å². The first-order chi connectivity index (χ1) is 6.11. The Balaban J connectivity index is 3.39. The summed E-state index contributed by atoms with van der Waals surface area (Å²) >= 11 is 5.64. The molecule has 4 heteroatoms. The van der Waals surface area contributed by atoms with Gasteiger partial charge in [-0.2, -0.15) is 0 Å². The van der Waals surface area contributed by atoms with E-state index in [0.29, 0.717) is 16.9 Å². The number of hydrogen-bond acceptors (Lipinski definition) is 2. The summed E-state index contributed by atoms with van der Waals surface area (Å²) in [4.78, 5) is 0. The number of halogens is 2. The molecule has 0 heterocycles.